The third kappa shape index (κ3) is 1.41. The minimum Gasteiger partial charge on any atom is -0.383 e. The molecule has 0 radical (unpaired) electrons. The topological polar surface area (TPSA) is 50.9 Å². The molecule has 3 heteroatoms. The summed E-state index contributed by atoms with van der Waals surface area (Å²) in [5, 5.41) is 3.47. The van der Waals surface area contributed by atoms with Crippen LogP contribution < -0.4 is 11.1 Å². The molecule has 1 aromatic carbocycles. The fourth-order valence-electron chi connectivity index (χ4n) is 2.21. The molecule has 2 aromatic rings. The maximum atomic E-state index is 5.88. The summed E-state index contributed by atoms with van der Waals surface area (Å²) >= 11 is 0. The van der Waals surface area contributed by atoms with Crippen LogP contribution in [-0.2, 0) is 6.42 Å². The first-order valence-corrected chi connectivity index (χ1v) is 5.39. The lowest BCUT2D eigenvalue weighted by molar-refractivity contribution is 0.822. The van der Waals surface area contributed by atoms with Gasteiger partial charge in [-0.25, -0.2) is 4.98 Å². The molecule has 0 amide bonds. The number of aromatic nitrogens is 1. The number of hydrogen-bond donors (Lipinski definition) is 2. The summed E-state index contributed by atoms with van der Waals surface area (Å²) in [6, 6.07) is 12.6. The largest absolute Gasteiger partial charge is 0.383 e. The highest BCUT2D eigenvalue weighted by atomic mass is 15.0. The second-order valence-electron chi connectivity index (χ2n) is 4.04. The van der Waals surface area contributed by atoms with Gasteiger partial charge in [0, 0.05) is 17.4 Å². The van der Waals surface area contributed by atoms with Crippen LogP contribution in [0.15, 0.2) is 42.6 Å². The van der Waals surface area contributed by atoms with Crippen molar-refractivity contribution < 1.29 is 0 Å². The molecule has 1 aromatic heterocycles. The number of rotatable bonds is 1. The van der Waals surface area contributed by atoms with E-state index in [-0.39, 0.29) is 6.04 Å². The van der Waals surface area contributed by atoms with Crippen molar-refractivity contribution >= 4 is 11.5 Å². The summed E-state index contributed by atoms with van der Waals surface area (Å²) in [7, 11) is 0. The van der Waals surface area contributed by atoms with E-state index >= 15 is 0 Å². The van der Waals surface area contributed by atoms with Gasteiger partial charge in [0.1, 0.15) is 5.82 Å². The molecule has 16 heavy (non-hydrogen) atoms. The molecule has 0 aliphatic carbocycles. The molecular formula is C13H13N3. The SMILES string of the molecule is Nc1ncccc1C1Cc2ccccc2N1. The summed E-state index contributed by atoms with van der Waals surface area (Å²) in [4.78, 5) is 4.12. The van der Waals surface area contributed by atoms with E-state index in [1.807, 2.05) is 18.2 Å². The quantitative estimate of drug-likeness (QED) is 0.761. The predicted molar refractivity (Wildman–Crippen MR) is 65.2 cm³/mol. The Bertz CT molecular complexity index is 497. The predicted octanol–water partition coefficient (Wildman–Crippen LogP) is 2.37. The number of anilines is 2. The van der Waals surface area contributed by atoms with Crippen LogP contribution in [0.25, 0.3) is 0 Å². The first kappa shape index (κ1) is 9.21. The van der Waals surface area contributed by atoms with E-state index in [1.165, 1.54) is 11.3 Å². The molecule has 0 fully saturated rings. The van der Waals surface area contributed by atoms with Gasteiger partial charge < -0.3 is 11.1 Å². The van der Waals surface area contributed by atoms with Gasteiger partial charge in [-0.1, -0.05) is 24.3 Å². The average Bonchev–Trinajstić information content (AvgIpc) is 2.73. The van der Waals surface area contributed by atoms with Crippen LogP contribution in [0.1, 0.15) is 17.2 Å². The molecule has 1 unspecified atom stereocenters. The number of para-hydroxylation sites is 1. The van der Waals surface area contributed by atoms with Crippen LogP contribution in [-0.4, -0.2) is 4.98 Å². The average molecular weight is 211 g/mol. The number of hydrogen-bond acceptors (Lipinski definition) is 3. The standard InChI is InChI=1S/C13H13N3/c14-13-10(5-3-7-15-13)12-8-9-4-1-2-6-11(9)16-12/h1-7,12,16H,8H2,(H2,14,15). The second-order valence-corrected chi connectivity index (χ2v) is 4.04. The highest BCUT2D eigenvalue weighted by molar-refractivity contribution is 5.60. The van der Waals surface area contributed by atoms with Crippen molar-refractivity contribution in [2.24, 2.45) is 0 Å². The van der Waals surface area contributed by atoms with E-state index in [4.69, 9.17) is 5.73 Å². The van der Waals surface area contributed by atoms with Gasteiger partial charge in [-0.2, -0.15) is 0 Å². The molecule has 0 bridgehead atoms. The normalized spacial score (nSPS) is 17.9. The Balaban J connectivity index is 1.95. The van der Waals surface area contributed by atoms with Crippen molar-refractivity contribution in [3.63, 3.8) is 0 Å². The fraction of sp³-hybridized carbons (Fsp3) is 0.154. The van der Waals surface area contributed by atoms with Gasteiger partial charge in [-0.3, -0.25) is 0 Å². The highest BCUT2D eigenvalue weighted by Gasteiger charge is 2.22. The van der Waals surface area contributed by atoms with Gasteiger partial charge in [0.2, 0.25) is 0 Å². The molecule has 3 N–H and O–H groups in total. The summed E-state index contributed by atoms with van der Waals surface area (Å²) in [5.74, 6) is 0.618. The molecule has 3 nitrogen and oxygen atoms in total. The number of nitrogen functional groups attached to an aromatic ring is 1. The van der Waals surface area contributed by atoms with Crippen molar-refractivity contribution in [3.05, 3.63) is 53.7 Å². The van der Waals surface area contributed by atoms with E-state index in [0.29, 0.717) is 5.82 Å². The molecule has 1 aliphatic rings. The Morgan fingerprint density at radius 2 is 2.06 bits per heavy atom. The number of pyridine rings is 1. The minimum atomic E-state index is 0.256. The lowest BCUT2D eigenvalue weighted by Crippen LogP contribution is -2.09. The Morgan fingerprint density at radius 1 is 1.19 bits per heavy atom. The molecule has 1 aliphatic heterocycles. The van der Waals surface area contributed by atoms with Crippen molar-refractivity contribution in [3.8, 4) is 0 Å². The van der Waals surface area contributed by atoms with Crippen LogP contribution in [0, 0.1) is 0 Å². The third-order valence-electron chi connectivity index (χ3n) is 3.02. The number of benzene rings is 1. The zero-order valence-electron chi connectivity index (χ0n) is 8.85. The van der Waals surface area contributed by atoms with Gasteiger partial charge in [-0.15, -0.1) is 0 Å². The molecule has 0 spiro atoms. The van der Waals surface area contributed by atoms with E-state index in [0.717, 1.165) is 12.0 Å². The summed E-state index contributed by atoms with van der Waals surface area (Å²) in [6.45, 7) is 0. The number of nitrogens with zero attached hydrogens (tertiary/aromatic N) is 1. The molecule has 0 saturated carbocycles. The Labute approximate surface area is 94.3 Å². The van der Waals surface area contributed by atoms with E-state index < -0.39 is 0 Å². The maximum Gasteiger partial charge on any atom is 0.128 e. The second kappa shape index (κ2) is 3.52. The van der Waals surface area contributed by atoms with Crippen molar-refractivity contribution in [1.29, 1.82) is 0 Å². The van der Waals surface area contributed by atoms with Crippen LogP contribution in [0.4, 0.5) is 11.5 Å². The summed E-state index contributed by atoms with van der Waals surface area (Å²) in [5.41, 5.74) is 9.51. The Hall–Kier alpha value is -2.03. The monoisotopic (exact) mass is 211 g/mol. The third-order valence-corrected chi connectivity index (χ3v) is 3.02. The van der Waals surface area contributed by atoms with Crippen molar-refractivity contribution in [1.82, 2.24) is 4.98 Å². The first-order valence-electron chi connectivity index (χ1n) is 5.39. The van der Waals surface area contributed by atoms with Crippen molar-refractivity contribution in [2.75, 3.05) is 11.1 Å². The molecule has 80 valence electrons. The van der Waals surface area contributed by atoms with E-state index in [9.17, 15) is 0 Å². The smallest absolute Gasteiger partial charge is 0.128 e. The zero-order chi connectivity index (χ0) is 11.0. The van der Waals surface area contributed by atoms with Gasteiger partial charge in [0.05, 0.1) is 6.04 Å². The lowest BCUT2D eigenvalue weighted by Gasteiger charge is -2.12. The fourth-order valence-corrected chi connectivity index (χ4v) is 2.21. The zero-order valence-corrected chi connectivity index (χ0v) is 8.85. The molecular weight excluding hydrogens is 198 g/mol. The maximum absolute atomic E-state index is 5.88. The van der Waals surface area contributed by atoms with Gasteiger partial charge >= 0.3 is 0 Å². The van der Waals surface area contributed by atoms with Crippen LogP contribution in [0.2, 0.25) is 0 Å². The molecule has 0 saturated heterocycles. The lowest BCUT2D eigenvalue weighted by atomic mass is 10.0. The molecule has 1 atom stereocenters. The number of nitrogens with one attached hydrogen (secondary N) is 1. The van der Waals surface area contributed by atoms with E-state index in [2.05, 4.69) is 28.5 Å². The highest BCUT2D eigenvalue weighted by Crippen LogP contribution is 2.35. The summed E-state index contributed by atoms with van der Waals surface area (Å²) < 4.78 is 0. The number of nitrogens with two attached hydrogens (primary N) is 1. The minimum absolute atomic E-state index is 0.256. The van der Waals surface area contributed by atoms with Crippen LogP contribution >= 0.6 is 0 Å². The number of fused-ring (bicyclic) bond motifs is 1. The van der Waals surface area contributed by atoms with Gasteiger partial charge in [-0.05, 0) is 24.1 Å². The first-order chi connectivity index (χ1) is 7.84. The van der Waals surface area contributed by atoms with Crippen LogP contribution in [0.3, 0.4) is 0 Å². The Morgan fingerprint density at radius 3 is 2.88 bits per heavy atom. The van der Waals surface area contributed by atoms with Gasteiger partial charge in [0.15, 0.2) is 0 Å². The van der Waals surface area contributed by atoms with Crippen molar-refractivity contribution in [2.45, 2.75) is 12.5 Å². The molecule has 3 rings (SSSR count). The summed E-state index contributed by atoms with van der Waals surface area (Å²) in [6.07, 6.45) is 2.70. The Kier molecular flexibility index (Phi) is 2.03. The van der Waals surface area contributed by atoms with Crippen LogP contribution in [0.5, 0.6) is 0 Å². The van der Waals surface area contributed by atoms with Gasteiger partial charge in [0.25, 0.3) is 0 Å². The van der Waals surface area contributed by atoms with E-state index in [1.54, 1.807) is 6.20 Å². The molecule has 2 heterocycles.